The van der Waals surface area contributed by atoms with E-state index >= 15 is 0 Å². The number of rotatable bonds is 6. The average molecular weight is 236 g/mol. The number of amides is 1. The lowest BCUT2D eigenvalue weighted by Gasteiger charge is -2.14. The highest BCUT2D eigenvalue weighted by Crippen LogP contribution is 1.99. The molecule has 0 aliphatic rings. The van der Waals surface area contributed by atoms with Crippen molar-refractivity contribution >= 4 is 5.91 Å². The molecule has 0 spiro atoms. The van der Waals surface area contributed by atoms with Crippen LogP contribution in [0.5, 0.6) is 0 Å². The Kier molecular flexibility index (Phi) is 5.63. The zero-order valence-corrected chi connectivity index (χ0v) is 10.6. The number of carbonyl (C=O) groups is 1. The Hall–Kier alpha value is -1.42. The first-order valence-electron chi connectivity index (χ1n) is 5.87. The molecule has 0 fully saturated rings. The highest BCUT2D eigenvalue weighted by Gasteiger charge is 2.13. The number of ether oxygens (including phenoxy) is 1. The van der Waals surface area contributed by atoms with Crippen LogP contribution in [0, 0.1) is 5.92 Å². The van der Waals surface area contributed by atoms with Crippen molar-refractivity contribution in [1.29, 1.82) is 0 Å². The average Bonchev–Trinajstić information content (AvgIpc) is 2.34. The van der Waals surface area contributed by atoms with Crippen molar-refractivity contribution < 1.29 is 9.53 Å². The Labute approximate surface area is 102 Å². The fraction of sp³-hybridized carbons (Fsp3) is 0.538. The van der Waals surface area contributed by atoms with Crippen molar-refractivity contribution in [3.05, 3.63) is 30.1 Å². The molecule has 0 aliphatic carbocycles. The second-order valence-electron chi connectivity index (χ2n) is 4.45. The molecule has 1 heterocycles. The van der Waals surface area contributed by atoms with Crippen molar-refractivity contribution in [2.45, 2.75) is 33.4 Å². The highest BCUT2D eigenvalue weighted by molar-refractivity contribution is 5.80. The van der Waals surface area contributed by atoms with Gasteiger partial charge in [0, 0.05) is 25.5 Å². The second kappa shape index (κ2) is 7.01. The molecular formula is C13H20N2O2. The number of nitrogens with one attached hydrogen (secondary N) is 1. The molecule has 0 unspecified atom stereocenters. The third-order valence-electron chi connectivity index (χ3n) is 2.24. The predicted octanol–water partition coefficient (Wildman–Crippen LogP) is 1.76. The summed E-state index contributed by atoms with van der Waals surface area (Å²) in [5, 5.41) is 2.82. The van der Waals surface area contributed by atoms with E-state index in [1.54, 1.807) is 19.3 Å². The molecule has 17 heavy (non-hydrogen) atoms. The summed E-state index contributed by atoms with van der Waals surface area (Å²) >= 11 is 0. The summed E-state index contributed by atoms with van der Waals surface area (Å²) in [6.07, 6.45) is 3.04. The van der Waals surface area contributed by atoms with Crippen LogP contribution in [0.25, 0.3) is 0 Å². The van der Waals surface area contributed by atoms with Gasteiger partial charge in [-0.05, 0) is 24.5 Å². The molecule has 1 N–H and O–H groups in total. The Morgan fingerprint density at radius 2 is 2.24 bits per heavy atom. The Morgan fingerprint density at radius 1 is 1.47 bits per heavy atom. The zero-order valence-electron chi connectivity index (χ0n) is 10.6. The SMILES string of the molecule is CC(C)CO[C@H](C)C(=O)NCc1cccnc1. The standard InChI is InChI=1S/C13H20N2O2/c1-10(2)9-17-11(3)13(16)15-8-12-5-4-6-14-7-12/h4-7,10-11H,8-9H2,1-3H3,(H,15,16)/t11-/m1/s1. The maximum absolute atomic E-state index is 11.7. The predicted molar refractivity (Wildman–Crippen MR) is 66.3 cm³/mol. The van der Waals surface area contributed by atoms with Gasteiger partial charge in [-0.2, -0.15) is 0 Å². The number of aromatic nitrogens is 1. The lowest BCUT2D eigenvalue weighted by atomic mass is 10.2. The Balaban J connectivity index is 2.29. The summed E-state index contributed by atoms with van der Waals surface area (Å²) in [5.74, 6) is 0.345. The fourth-order valence-electron chi connectivity index (χ4n) is 1.25. The van der Waals surface area contributed by atoms with Crippen LogP contribution in [0.1, 0.15) is 26.3 Å². The lowest BCUT2D eigenvalue weighted by Crippen LogP contribution is -2.34. The Morgan fingerprint density at radius 3 is 2.82 bits per heavy atom. The van der Waals surface area contributed by atoms with Crippen LogP contribution in [0.15, 0.2) is 24.5 Å². The van der Waals surface area contributed by atoms with Gasteiger partial charge in [-0.15, -0.1) is 0 Å². The van der Waals surface area contributed by atoms with E-state index < -0.39 is 6.10 Å². The van der Waals surface area contributed by atoms with Gasteiger partial charge in [-0.25, -0.2) is 0 Å². The first-order chi connectivity index (χ1) is 8.09. The lowest BCUT2D eigenvalue weighted by molar-refractivity contribution is -0.132. The van der Waals surface area contributed by atoms with Gasteiger partial charge in [0.05, 0.1) is 0 Å². The van der Waals surface area contributed by atoms with Crippen molar-refractivity contribution in [1.82, 2.24) is 10.3 Å². The van der Waals surface area contributed by atoms with Gasteiger partial charge in [0.25, 0.3) is 0 Å². The van der Waals surface area contributed by atoms with Crippen LogP contribution in [0.3, 0.4) is 0 Å². The van der Waals surface area contributed by atoms with E-state index in [4.69, 9.17) is 4.74 Å². The van der Waals surface area contributed by atoms with Gasteiger partial charge in [0.15, 0.2) is 0 Å². The molecule has 1 atom stereocenters. The van der Waals surface area contributed by atoms with E-state index in [2.05, 4.69) is 24.1 Å². The molecule has 0 saturated heterocycles. The molecule has 1 rings (SSSR count). The summed E-state index contributed by atoms with van der Waals surface area (Å²) in [7, 11) is 0. The van der Waals surface area contributed by atoms with Gasteiger partial charge in [0.2, 0.25) is 5.91 Å². The molecule has 0 aliphatic heterocycles. The number of nitrogens with zero attached hydrogens (tertiary/aromatic N) is 1. The van der Waals surface area contributed by atoms with E-state index in [-0.39, 0.29) is 5.91 Å². The minimum Gasteiger partial charge on any atom is -0.368 e. The summed E-state index contributed by atoms with van der Waals surface area (Å²) in [6, 6.07) is 3.77. The number of carbonyl (C=O) groups excluding carboxylic acids is 1. The highest BCUT2D eigenvalue weighted by atomic mass is 16.5. The smallest absolute Gasteiger partial charge is 0.249 e. The molecule has 4 heteroatoms. The van der Waals surface area contributed by atoms with Crippen LogP contribution in [0.4, 0.5) is 0 Å². The van der Waals surface area contributed by atoms with Crippen LogP contribution in [-0.4, -0.2) is 23.6 Å². The Bertz CT molecular complexity index is 339. The van der Waals surface area contributed by atoms with Crippen LogP contribution in [0.2, 0.25) is 0 Å². The molecule has 0 aromatic carbocycles. The van der Waals surface area contributed by atoms with E-state index in [1.165, 1.54) is 0 Å². The molecule has 1 aromatic rings. The molecule has 1 aromatic heterocycles. The quantitative estimate of drug-likeness (QED) is 0.818. The minimum absolute atomic E-state index is 0.0884. The summed E-state index contributed by atoms with van der Waals surface area (Å²) in [6.45, 7) is 6.96. The molecular weight excluding hydrogens is 216 g/mol. The van der Waals surface area contributed by atoms with Crippen molar-refractivity contribution in [2.75, 3.05) is 6.61 Å². The molecule has 0 radical (unpaired) electrons. The molecule has 0 saturated carbocycles. The monoisotopic (exact) mass is 236 g/mol. The summed E-state index contributed by atoms with van der Waals surface area (Å²) < 4.78 is 5.43. The second-order valence-corrected chi connectivity index (χ2v) is 4.45. The number of hydrogen-bond acceptors (Lipinski definition) is 3. The molecule has 0 bridgehead atoms. The van der Waals surface area contributed by atoms with Crippen molar-refractivity contribution in [3.63, 3.8) is 0 Å². The largest absolute Gasteiger partial charge is 0.368 e. The van der Waals surface area contributed by atoms with Gasteiger partial charge < -0.3 is 10.1 Å². The fourth-order valence-corrected chi connectivity index (χ4v) is 1.25. The van der Waals surface area contributed by atoms with Gasteiger partial charge in [-0.1, -0.05) is 19.9 Å². The molecule has 4 nitrogen and oxygen atoms in total. The van der Waals surface area contributed by atoms with Crippen molar-refractivity contribution in [3.8, 4) is 0 Å². The van der Waals surface area contributed by atoms with E-state index in [0.29, 0.717) is 19.1 Å². The van der Waals surface area contributed by atoms with Crippen LogP contribution in [-0.2, 0) is 16.1 Å². The summed E-state index contributed by atoms with van der Waals surface area (Å²) in [5.41, 5.74) is 0.983. The molecule has 1 amide bonds. The molecule has 94 valence electrons. The third-order valence-corrected chi connectivity index (χ3v) is 2.24. The maximum atomic E-state index is 11.7. The van der Waals surface area contributed by atoms with Gasteiger partial charge >= 0.3 is 0 Å². The van der Waals surface area contributed by atoms with Gasteiger partial charge in [-0.3, -0.25) is 9.78 Å². The van der Waals surface area contributed by atoms with Crippen molar-refractivity contribution in [2.24, 2.45) is 5.92 Å². The van der Waals surface area contributed by atoms with E-state index in [0.717, 1.165) is 5.56 Å². The first kappa shape index (κ1) is 13.6. The van der Waals surface area contributed by atoms with Crippen LogP contribution >= 0.6 is 0 Å². The number of hydrogen-bond donors (Lipinski definition) is 1. The van der Waals surface area contributed by atoms with E-state index in [9.17, 15) is 4.79 Å². The van der Waals surface area contributed by atoms with Crippen LogP contribution < -0.4 is 5.32 Å². The normalized spacial score (nSPS) is 12.5. The summed E-state index contributed by atoms with van der Waals surface area (Å²) in [4.78, 5) is 15.7. The maximum Gasteiger partial charge on any atom is 0.249 e. The topological polar surface area (TPSA) is 51.2 Å². The zero-order chi connectivity index (χ0) is 12.7. The minimum atomic E-state index is -0.408. The first-order valence-corrected chi connectivity index (χ1v) is 5.87. The third kappa shape index (κ3) is 5.45. The van der Waals surface area contributed by atoms with E-state index in [1.807, 2.05) is 12.1 Å². The van der Waals surface area contributed by atoms with Gasteiger partial charge in [0.1, 0.15) is 6.10 Å². The number of pyridine rings is 1.